The van der Waals surface area contributed by atoms with Gasteiger partial charge >= 0.3 is 6.18 Å². The third-order valence-corrected chi connectivity index (χ3v) is 13.8. The first-order chi connectivity index (χ1) is 28.4. The maximum atomic E-state index is 14.6. The Kier molecular flexibility index (Phi) is 6.87. The van der Waals surface area contributed by atoms with Gasteiger partial charge in [-0.05, 0) is 54.1 Å². The van der Waals surface area contributed by atoms with Crippen LogP contribution in [0.25, 0.3) is 107 Å². The Morgan fingerprint density at radius 3 is 1.64 bits per heavy atom. The minimum Gasteiger partial charge on any atom is -0.306 e. The van der Waals surface area contributed by atoms with Crippen LogP contribution in [0.4, 0.5) is 13.2 Å². The van der Waals surface area contributed by atoms with E-state index in [1.165, 1.54) is 0 Å². The van der Waals surface area contributed by atoms with Crippen LogP contribution in [-0.2, 0) is 6.18 Å². The number of nitriles is 1. The predicted molar refractivity (Wildman–Crippen MR) is 234 cm³/mol. The number of alkyl halides is 3. The molecule has 0 aliphatic heterocycles. The lowest BCUT2D eigenvalue weighted by Crippen LogP contribution is -2.07. The summed E-state index contributed by atoms with van der Waals surface area (Å²) in [4.78, 5) is 5.24. The third kappa shape index (κ3) is 4.64. The van der Waals surface area contributed by atoms with E-state index < -0.39 is 11.7 Å². The topological polar surface area (TPSA) is 46.5 Å². The smallest absolute Gasteiger partial charge is 0.306 e. The van der Waals surface area contributed by atoms with Crippen molar-refractivity contribution in [2.45, 2.75) is 6.18 Å². The van der Waals surface area contributed by atoms with Crippen molar-refractivity contribution in [3.05, 3.63) is 163 Å². The van der Waals surface area contributed by atoms with Crippen LogP contribution >= 0.6 is 22.7 Å². The number of hydrogen-bond donors (Lipinski definition) is 0. The van der Waals surface area contributed by atoms with E-state index in [-0.39, 0.29) is 11.1 Å². The van der Waals surface area contributed by atoms with Crippen LogP contribution in [0.1, 0.15) is 11.1 Å². The van der Waals surface area contributed by atoms with Gasteiger partial charge in [-0.1, -0.05) is 97.1 Å². The molecule has 0 bridgehead atoms. The average molecular weight is 791 g/mol. The Bertz CT molecular complexity index is 3760. The maximum absolute atomic E-state index is 14.6. The quantitative estimate of drug-likeness (QED) is 0.179. The summed E-state index contributed by atoms with van der Waals surface area (Å²) in [5.41, 5.74) is 4.19. The molecule has 0 spiro atoms. The first kappa shape index (κ1) is 33.2. The van der Waals surface area contributed by atoms with Gasteiger partial charge in [-0.15, -0.1) is 22.7 Å². The van der Waals surface area contributed by atoms with Crippen molar-refractivity contribution >= 4 is 107 Å². The summed E-state index contributed by atoms with van der Waals surface area (Å²) in [6.45, 7) is 0. The second kappa shape index (κ2) is 12.0. The summed E-state index contributed by atoms with van der Waals surface area (Å²) in [5, 5.41) is 18.8. The molecule has 0 radical (unpaired) electrons. The van der Waals surface area contributed by atoms with Gasteiger partial charge in [-0.25, -0.2) is 4.98 Å². The molecular weight excluding hydrogens is 766 g/mol. The molecular formula is C49H25F3N4S2. The number of benzene rings is 7. The van der Waals surface area contributed by atoms with Gasteiger partial charge in [0.2, 0.25) is 0 Å². The fourth-order valence-corrected chi connectivity index (χ4v) is 11.4. The first-order valence-corrected chi connectivity index (χ1v) is 20.3. The number of halogens is 3. The van der Waals surface area contributed by atoms with Crippen LogP contribution in [0, 0.1) is 11.3 Å². The van der Waals surface area contributed by atoms with E-state index in [9.17, 15) is 18.4 Å². The highest BCUT2D eigenvalue weighted by molar-refractivity contribution is 7.27. The molecule has 5 heterocycles. The molecule has 0 unspecified atom stereocenters. The van der Waals surface area contributed by atoms with Crippen LogP contribution in [0.3, 0.4) is 0 Å². The van der Waals surface area contributed by atoms with E-state index >= 15 is 0 Å². The minimum atomic E-state index is -4.67. The molecule has 0 amide bonds. The molecule has 0 saturated carbocycles. The highest BCUT2D eigenvalue weighted by Crippen LogP contribution is 2.47. The molecule has 0 N–H and O–H groups in total. The molecule has 4 nitrogen and oxygen atoms in total. The molecule has 7 aromatic carbocycles. The van der Waals surface area contributed by atoms with E-state index in [4.69, 9.17) is 4.98 Å². The van der Waals surface area contributed by atoms with E-state index in [0.29, 0.717) is 17.1 Å². The fraction of sp³-hybridized carbons (Fsp3) is 0.0204. The van der Waals surface area contributed by atoms with Crippen molar-refractivity contribution in [2.24, 2.45) is 0 Å². The van der Waals surface area contributed by atoms with Crippen LogP contribution in [0.2, 0.25) is 0 Å². The largest absolute Gasteiger partial charge is 0.416 e. The number of thiophene rings is 2. The molecule has 0 aliphatic carbocycles. The van der Waals surface area contributed by atoms with Gasteiger partial charge in [0.05, 0.1) is 60.5 Å². The van der Waals surface area contributed by atoms with Gasteiger partial charge in [-0.2, -0.15) is 18.4 Å². The lowest BCUT2D eigenvalue weighted by molar-refractivity contribution is -0.137. The zero-order valence-corrected chi connectivity index (χ0v) is 31.8. The van der Waals surface area contributed by atoms with E-state index in [2.05, 4.69) is 75.9 Å². The van der Waals surface area contributed by atoms with Gasteiger partial charge < -0.3 is 4.57 Å². The lowest BCUT2D eigenvalue weighted by Gasteiger charge is -2.18. The van der Waals surface area contributed by atoms with E-state index in [0.717, 1.165) is 96.1 Å². The number of rotatable bonds is 3. The predicted octanol–water partition coefficient (Wildman–Crippen LogP) is 14.6. The molecule has 12 aromatic rings. The maximum Gasteiger partial charge on any atom is 0.416 e. The summed E-state index contributed by atoms with van der Waals surface area (Å²) in [6, 6.07) is 49.1. The molecule has 0 atom stereocenters. The third-order valence-electron chi connectivity index (χ3n) is 11.4. The van der Waals surface area contributed by atoms with Gasteiger partial charge in [-0.3, -0.25) is 4.57 Å². The van der Waals surface area contributed by atoms with Crippen molar-refractivity contribution in [3.63, 3.8) is 0 Å². The normalized spacial score (nSPS) is 12.4. The van der Waals surface area contributed by atoms with Gasteiger partial charge in [0, 0.05) is 58.1 Å². The van der Waals surface area contributed by atoms with Crippen molar-refractivity contribution in [1.82, 2.24) is 14.1 Å². The Balaban J connectivity index is 1.24. The Hall–Kier alpha value is -6.99. The highest BCUT2D eigenvalue weighted by atomic mass is 32.1. The zero-order chi connectivity index (χ0) is 38.9. The fourth-order valence-electron chi connectivity index (χ4n) is 8.93. The average Bonchev–Trinajstić information content (AvgIpc) is 4.01. The second-order valence-electron chi connectivity index (χ2n) is 14.5. The van der Waals surface area contributed by atoms with E-state index in [1.54, 1.807) is 34.9 Å². The van der Waals surface area contributed by atoms with E-state index in [1.807, 2.05) is 66.7 Å². The molecule has 0 aliphatic rings. The summed E-state index contributed by atoms with van der Waals surface area (Å²) >= 11 is 3.42. The van der Waals surface area contributed by atoms with Gasteiger partial charge in [0.15, 0.2) is 0 Å². The van der Waals surface area contributed by atoms with Crippen LogP contribution < -0.4 is 0 Å². The Morgan fingerprint density at radius 1 is 0.534 bits per heavy atom. The summed E-state index contributed by atoms with van der Waals surface area (Å²) in [7, 11) is 0. The first-order valence-electron chi connectivity index (χ1n) is 18.7. The SMILES string of the molecule is N#Cc1cc(-c2cc(-n3c4ccccc4c4ccc5c6ccccc6sc5c43)ncc2-n2c3ccccc3c3ccc4c5ccccc5sc4c32)cc(C(F)(F)F)c1. The molecule has 0 saturated heterocycles. The monoisotopic (exact) mass is 790 g/mol. The highest BCUT2D eigenvalue weighted by Gasteiger charge is 2.32. The van der Waals surface area contributed by atoms with Crippen LogP contribution in [0.15, 0.2) is 152 Å². The number of aromatic nitrogens is 3. The molecule has 5 aromatic heterocycles. The number of para-hydroxylation sites is 2. The Labute approximate surface area is 335 Å². The lowest BCUT2D eigenvalue weighted by atomic mass is 9.99. The van der Waals surface area contributed by atoms with Crippen molar-refractivity contribution in [3.8, 4) is 28.7 Å². The molecule has 0 fully saturated rings. The molecule has 12 rings (SSSR count). The van der Waals surface area contributed by atoms with Crippen LogP contribution in [-0.4, -0.2) is 14.1 Å². The van der Waals surface area contributed by atoms with Crippen molar-refractivity contribution < 1.29 is 13.2 Å². The molecule has 9 heteroatoms. The number of nitrogens with zero attached hydrogens (tertiary/aromatic N) is 4. The number of hydrogen-bond acceptors (Lipinski definition) is 4. The summed E-state index contributed by atoms with van der Waals surface area (Å²) in [5.74, 6) is 0.554. The van der Waals surface area contributed by atoms with Crippen molar-refractivity contribution in [1.29, 1.82) is 5.26 Å². The van der Waals surface area contributed by atoms with Crippen molar-refractivity contribution in [2.75, 3.05) is 0 Å². The summed E-state index contributed by atoms with van der Waals surface area (Å²) in [6.07, 6.45) is -2.88. The van der Waals surface area contributed by atoms with Gasteiger partial charge in [0.1, 0.15) is 5.82 Å². The second-order valence-corrected chi connectivity index (χ2v) is 16.7. The number of fused-ring (bicyclic) bond motifs is 14. The molecule has 274 valence electrons. The summed E-state index contributed by atoms with van der Waals surface area (Å²) < 4.78 is 52.6. The molecule has 58 heavy (non-hydrogen) atoms. The zero-order valence-electron chi connectivity index (χ0n) is 30.2. The standard InChI is InChI=1S/C49H25F3N4S2/c50-49(51,52)29-22-27(25-53)21-28(23-29)38-24-44(56-40-14-6-2-10-31(40)35-18-20-37-33-12-4-8-16-43(33)58-48(37)46(35)56)54-26-41(38)55-39-13-5-1-9-30(39)34-17-19-36-32-11-3-7-15-42(32)57-47(36)45(34)55/h1-24,26H. The minimum absolute atomic E-state index is 0.0768. The number of pyridine rings is 1. The van der Waals surface area contributed by atoms with Gasteiger partial charge in [0.25, 0.3) is 0 Å². The van der Waals surface area contributed by atoms with Crippen LogP contribution in [0.5, 0.6) is 0 Å². The Morgan fingerprint density at radius 2 is 1.05 bits per heavy atom.